The van der Waals surface area contributed by atoms with Gasteiger partial charge in [0.25, 0.3) is 0 Å². The molecule has 1 heteroatoms. The first-order valence-electron chi connectivity index (χ1n) is 7.51. The third-order valence-corrected chi connectivity index (χ3v) is 7.18. The zero-order chi connectivity index (χ0) is 16.1. The van der Waals surface area contributed by atoms with Crippen LogP contribution in [0.2, 0.25) is 0 Å². The van der Waals surface area contributed by atoms with Crippen molar-refractivity contribution in [2.75, 3.05) is 0 Å². The zero-order valence-electron chi connectivity index (χ0n) is 12.7. The molecule has 3 aromatic rings. The SMILES string of the molecule is C#Cc1cccc([SiH](c2ccccc2)c2ccccc2)c1C#C. The van der Waals surface area contributed by atoms with Crippen molar-refractivity contribution < 1.29 is 0 Å². The molecule has 0 amide bonds. The van der Waals surface area contributed by atoms with Crippen LogP contribution in [0.4, 0.5) is 0 Å². The predicted octanol–water partition coefficient (Wildman–Crippen LogP) is 1.90. The smallest absolute Gasteiger partial charge is 0.115 e. The molecule has 23 heavy (non-hydrogen) atoms. The second-order valence-electron chi connectivity index (χ2n) is 5.31. The van der Waals surface area contributed by atoms with Gasteiger partial charge in [-0.1, -0.05) is 95.0 Å². The predicted molar refractivity (Wildman–Crippen MR) is 101 cm³/mol. The van der Waals surface area contributed by atoms with Crippen LogP contribution in [0.15, 0.2) is 78.9 Å². The summed E-state index contributed by atoms with van der Waals surface area (Å²) in [5.41, 5.74) is 1.66. The van der Waals surface area contributed by atoms with E-state index in [0.717, 1.165) is 11.1 Å². The highest BCUT2D eigenvalue weighted by molar-refractivity contribution is 6.95. The minimum atomic E-state index is -1.65. The maximum absolute atomic E-state index is 5.80. The summed E-state index contributed by atoms with van der Waals surface area (Å²) in [5.74, 6) is 5.55. The van der Waals surface area contributed by atoms with Crippen molar-refractivity contribution in [1.82, 2.24) is 0 Å². The Morgan fingerprint density at radius 2 is 1.17 bits per heavy atom. The topological polar surface area (TPSA) is 0 Å². The molecule has 0 aliphatic carbocycles. The van der Waals surface area contributed by atoms with Crippen LogP contribution < -0.4 is 15.6 Å². The maximum atomic E-state index is 5.80. The lowest BCUT2D eigenvalue weighted by Gasteiger charge is -2.19. The van der Waals surface area contributed by atoms with Crippen LogP contribution in [0.25, 0.3) is 0 Å². The van der Waals surface area contributed by atoms with Gasteiger partial charge in [0.2, 0.25) is 0 Å². The minimum absolute atomic E-state index is 0.800. The van der Waals surface area contributed by atoms with Crippen LogP contribution in [0.3, 0.4) is 0 Å². The summed E-state index contributed by atoms with van der Waals surface area (Å²) in [5, 5.41) is 3.88. The standard InChI is InChI=1S/C22H16Si/c1-3-18-12-11-17-22(21(18)4-2)23(19-13-7-5-8-14-19)20-15-9-6-10-16-20/h1-2,5-17,23H. The molecule has 0 aliphatic rings. The van der Waals surface area contributed by atoms with Gasteiger partial charge in [-0.15, -0.1) is 12.8 Å². The minimum Gasteiger partial charge on any atom is -0.115 e. The van der Waals surface area contributed by atoms with Crippen molar-refractivity contribution in [2.45, 2.75) is 0 Å². The lowest BCUT2D eigenvalue weighted by atomic mass is 10.1. The highest BCUT2D eigenvalue weighted by Gasteiger charge is 2.21. The normalized spacial score (nSPS) is 10.0. The third-order valence-electron chi connectivity index (χ3n) is 3.97. The van der Waals surface area contributed by atoms with E-state index in [9.17, 15) is 0 Å². The van der Waals surface area contributed by atoms with Crippen molar-refractivity contribution in [1.29, 1.82) is 0 Å². The molecule has 0 spiro atoms. The lowest BCUT2D eigenvalue weighted by Crippen LogP contribution is -2.53. The summed E-state index contributed by atoms with van der Waals surface area (Å²) >= 11 is 0. The van der Waals surface area contributed by atoms with Crippen molar-refractivity contribution in [3.05, 3.63) is 90.0 Å². The molecule has 0 aromatic heterocycles. The Balaban J connectivity index is 2.27. The van der Waals surface area contributed by atoms with Gasteiger partial charge in [-0.3, -0.25) is 0 Å². The molecule has 0 radical (unpaired) electrons. The lowest BCUT2D eigenvalue weighted by molar-refractivity contribution is 1.62. The highest BCUT2D eigenvalue weighted by Crippen LogP contribution is 2.06. The zero-order valence-corrected chi connectivity index (χ0v) is 13.9. The number of hydrogen-bond donors (Lipinski definition) is 0. The second-order valence-corrected chi connectivity index (χ2v) is 8.13. The Morgan fingerprint density at radius 1 is 0.609 bits per heavy atom. The summed E-state index contributed by atoms with van der Waals surface area (Å²) in [6, 6.07) is 27.2. The van der Waals surface area contributed by atoms with Gasteiger partial charge in [0.1, 0.15) is 8.80 Å². The van der Waals surface area contributed by atoms with E-state index in [-0.39, 0.29) is 0 Å². The fraction of sp³-hybridized carbons (Fsp3) is 0. The average Bonchev–Trinajstić information content (AvgIpc) is 2.63. The number of hydrogen-bond acceptors (Lipinski definition) is 0. The van der Waals surface area contributed by atoms with E-state index in [2.05, 4.69) is 66.4 Å². The highest BCUT2D eigenvalue weighted by atomic mass is 28.3. The largest absolute Gasteiger partial charge is 0.134 e. The number of rotatable bonds is 3. The molecule has 108 valence electrons. The molecule has 0 unspecified atom stereocenters. The molecule has 0 bridgehead atoms. The first-order chi connectivity index (χ1) is 11.3. The van der Waals surface area contributed by atoms with Gasteiger partial charge in [-0.05, 0) is 11.3 Å². The van der Waals surface area contributed by atoms with Crippen LogP contribution in [-0.4, -0.2) is 8.80 Å². The van der Waals surface area contributed by atoms with Gasteiger partial charge in [-0.2, -0.15) is 0 Å². The van der Waals surface area contributed by atoms with E-state index in [1.165, 1.54) is 15.6 Å². The Morgan fingerprint density at radius 3 is 1.65 bits per heavy atom. The molecule has 0 nitrogen and oxygen atoms in total. The molecule has 3 rings (SSSR count). The maximum Gasteiger partial charge on any atom is 0.134 e. The van der Waals surface area contributed by atoms with Gasteiger partial charge in [0, 0.05) is 11.1 Å². The molecule has 0 saturated heterocycles. The fourth-order valence-electron chi connectivity index (χ4n) is 2.93. The van der Waals surface area contributed by atoms with Crippen LogP contribution in [0.1, 0.15) is 11.1 Å². The second kappa shape index (κ2) is 6.84. The molecule has 0 heterocycles. The number of benzene rings is 3. The Hall–Kier alpha value is -3.00. The van der Waals surface area contributed by atoms with E-state index in [1.54, 1.807) is 0 Å². The Kier molecular flexibility index (Phi) is 4.43. The van der Waals surface area contributed by atoms with E-state index < -0.39 is 8.80 Å². The molecule has 0 saturated carbocycles. The van der Waals surface area contributed by atoms with Crippen LogP contribution in [-0.2, 0) is 0 Å². The third kappa shape index (κ3) is 2.97. The Bertz CT molecular complexity index is 841. The molecule has 3 aromatic carbocycles. The van der Waals surface area contributed by atoms with Crippen molar-refractivity contribution in [2.24, 2.45) is 0 Å². The molecule has 0 atom stereocenters. The summed E-state index contributed by atoms with van der Waals surface area (Å²) in [7, 11) is -1.65. The van der Waals surface area contributed by atoms with Crippen LogP contribution in [0.5, 0.6) is 0 Å². The molecule has 0 N–H and O–H groups in total. The summed E-state index contributed by atoms with van der Waals surface area (Å²) in [6.07, 6.45) is 11.4. The van der Waals surface area contributed by atoms with Gasteiger partial charge in [-0.25, -0.2) is 0 Å². The first kappa shape index (κ1) is 14.9. The summed E-state index contributed by atoms with van der Waals surface area (Å²) < 4.78 is 0. The number of terminal acetylenes is 2. The van der Waals surface area contributed by atoms with E-state index >= 15 is 0 Å². The van der Waals surface area contributed by atoms with Crippen LogP contribution in [0, 0.1) is 24.7 Å². The monoisotopic (exact) mass is 308 g/mol. The average molecular weight is 308 g/mol. The molecular formula is C22H16Si. The quantitative estimate of drug-likeness (QED) is 0.394. The van der Waals surface area contributed by atoms with Crippen molar-refractivity contribution >= 4 is 24.4 Å². The summed E-state index contributed by atoms with van der Waals surface area (Å²) in [4.78, 5) is 0. The molecule has 0 fully saturated rings. The molecular weight excluding hydrogens is 292 g/mol. The Labute approximate surface area is 139 Å². The summed E-state index contributed by atoms with van der Waals surface area (Å²) in [6.45, 7) is 0. The van der Waals surface area contributed by atoms with E-state index in [4.69, 9.17) is 12.8 Å². The van der Waals surface area contributed by atoms with Gasteiger partial charge < -0.3 is 0 Å². The van der Waals surface area contributed by atoms with Gasteiger partial charge >= 0.3 is 0 Å². The van der Waals surface area contributed by atoms with Crippen molar-refractivity contribution in [3.8, 4) is 24.7 Å². The van der Waals surface area contributed by atoms with Gasteiger partial charge in [0.15, 0.2) is 0 Å². The fourth-order valence-corrected chi connectivity index (χ4v) is 6.08. The van der Waals surface area contributed by atoms with Crippen molar-refractivity contribution in [3.63, 3.8) is 0 Å². The van der Waals surface area contributed by atoms with E-state index in [1.807, 2.05) is 24.3 Å². The first-order valence-corrected chi connectivity index (χ1v) is 9.24. The molecule has 0 aliphatic heterocycles. The van der Waals surface area contributed by atoms with Gasteiger partial charge in [0.05, 0.1) is 0 Å². The van der Waals surface area contributed by atoms with Crippen LogP contribution >= 0.6 is 0 Å². The van der Waals surface area contributed by atoms with E-state index in [0.29, 0.717) is 0 Å².